The van der Waals surface area contributed by atoms with Crippen LogP contribution in [-0.4, -0.2) is 0 Å². The molecule has 1 nitrogen and oxygen atoms in total. The van der Waals surface area contributed by atoms with Gasteiger partial charge in [-0.05, 0) is 30.7 Å². The number of hydrogen-bond acceptors (Lipinski definition) is 1. The summed E-state index contributed by atoms with van der Waals surface area (Å²) in [5, 5.41) is 0.577. The van der Waals surface area contributed by atoms with Crippen LogP contribution >= 0.6 is 15.9 Å². The van der Waals surface area contributed by atoms with Crippen molar-refractivity contribution in [2.45, 2.75) is 18.9 Å². The molecule has 3 heteroatoms. The fraction of sp³-hybridized carbons (Fsp3) is 0.200. The van der Waals surface area contributed by atoms with Crippen LogP contribution in [0.4, 0.5) is 4.39 Å². The molecule has 2 aromatic carbocycles. The molecule has 0 unspecified atom stereocenters. The van der Waals surface area contributed by atoms with Gasteiger partial charge in [0.15, 0.2) is 0 Å². The second-order valence-corrected chi connectivity index (χ2v) is 4.72. The number of benzene rings is 2. The van der Waals surface area contributed by atoms with E-state index in [2.05, 4.69) is 28.1 Å². The van der Waals surface area contributed by atoms with E-state index in [1.165, 1.54) is 17.7 Å². The molecule has 0 amide bonds. The molecular formula is C15H14BrFO. The molecule has 0 heterocycles. The fourth-order valence-corrected chi connectivity index (χ4v) is 2.08. The molecule has 0 saturated heterocycles. The van der Waals surface area contributed by atoms with Crippen molar-refractivity contribution in [1.29, 1.82) is 0 Å². The predicted octanol–water partition coefficient (Wildman–Crippen LogP) is 4.61. The van der Waals surface area contributed by atoms with Crippen LogP contribution < -0.4 is 4.74 Å². The van der Waals surface area contributed by atoms with Crippen molar-refractivity contribution in [3.8, 4) is 5.75 Å². The van der Waals surface area contributed by atoms with Crippen LogP contribution in [0.15, 0.2) is 42.5 Å². The first kappa shape index (κ1) is 13.1. The average molecular weight is 309 g/mol. The maximum absolute atomic E-state index is 13.1. The molecule has 0 spiro atoms. The molecule has 0 aliphatic rings. The molecule has 0 fully saturated rings. The highest BCUT2D eigenvalue weighted by Gasteiger charge is 2.04. The third kappa shape index (κ3) is 3.33. The molecule has 2 aromatic rings. The van der Waals surface area contributed by atoms with Gasteiger partial charge in [0, 0.05) is 10.9 Å². The average Bonchev–Trinajstić information content (AvgIpc) is 2.39. The zero-order valence-electron chi connectivity index (χ0n) is 10.1. The first-order valence-corrected chi connectivity index (χ1v) is 6.84. The number of halogens is 2. The zero-order chi connectivity index (χ0) is 13.0. The molecule has 0 radical (unpaired) electrons. The van der Waals surface area contributed by atoms with Crippen LogP contribution in [0.25, 0.3) is 0 Å². The fourth-order valence-electron chi connectivity index (χ4n) is 1.64. The van der Waals surface area contributed by atoms with Gasteiger partial charge in [0.05, 0.1) is 0 Å². The van der Waals surface area contributed by atoms with E-state index in [1.807, 2.05) is 19.1 Å². The van der Waals surface area contributed by atoms with Gasteiger partial charge in [-0.2, -0.15) is 0 Å². The van der Waals surface area contributed by atoms with Gasteiger partial charge in [-0.15, -0.1) is 0 Å². The summed E-state index contributed by atoms with van der Waals surface area (Å²) in [6.45, 7) is 2.54. The number of ether oxygens (including phenoxy) is 1. The summed E-state index contributed by atoms with van der Waals surface area (Å²) < 4.78 is 18.8. The second kappa shape index (κ2) is 6.01. The minimum atomic E-state index is -0.243. The van der Waals surface area contributed by atoms with Crippen molar-refractivity contribution in [2.75, 3.05) is 0 Å². The smallest absolute Gasteiger partial charge is 0.124 e. The third-order valence-corrected chi connectivity index (χ3v) is 3.29. The van der Waals surface area contributed by atoms with E-state index in [4.69, 9.17) is 4.74 Å². The van der Waals surface area contributed by atoms with E-state index in [0.717, 1.165) is 11.1 Å². The lowest BCUT2D eigenvalue weighted by Gasteiger charge is -2.10. The lowest BCUT2D eigenvalue weighted by molar-refractivity contribution is 0.303. The van der Waals surface area contributed by atoms with Crippen LogP contribution in [0.2, 0.25) is 0 Å². The molecule has 94 valence electrons. The third-order valence-electron chi connectivity index (χ3n) is 2.68. The van der Waals surface area contributed by atoms with E-state index < -0.39 is 0 Å². The molecule has 0 aliphatic heterocycles. The number of aryl methyl sites for hydroxylation is 1. The van der Waals surface area contributed by atoms with Crippen LogP contribution in [0.3, 0.4) is 0 Å². The molecular weight excluding hydrogens is 295 g/mol. The molecule has 0 bridgehead atoms. The summed E-state index contributed by atoms with van der Waals surface area (Å²) >= 11 is 3.33. The Morgan fingerprint density at radius 3 is 2.50 bits per heavy atom. The summed E-state index contributed by atoms with van der Waals surface area (Å²) in [5.74, 6) is 0.473. The van der Waals surface area contributed by atoms with Gasteiger partial charge in [-0.25, -0.2) is 4.39 Å². The van der Waals surface area contributed by atoms with Crippen LogP contribution in [0.1, 0.15) is 16.7 Å². The minimum absolute atomic E-state index is 0.243. The Morgan fingerprint density at radius 2 is 1.83 bits per heavy atom. The predicted molar refractivity (Wildman–Crippen MR) is 74.5 cm³/mol. The Morgan fingerprint density at radius 1 is 1.11 bits per heavy atom. The molecule has 0 aromatic heterocycles. The summed E-state index contributed by atoms with van der Waals surface area (Å²) in [6.07, 6.45) is 0. The van der Waals surface area contributed by atoms with Crippen molar-refractivity contribution in [1.82, 2.24) is 0 Å². The van der Waals surface area contributed by atoms with E-state index >= 15 is 0 Å². The normalized spacial score (nSPS) is 10.4. The van der Waals surface area contributed by atoms with Crippen molar-refractivity contribution in [3.05, 3.63) is 65.0 Å². The largest absolute Gasteiger partial charge is 0.489 e. The molecule has 0 aliphatic carbocycles. The molecule has 18 heavy (non-hydrogen) atoms. The first-order valence-electron chi connectivity index (χ1n) is 5.72. The summed E-state index contributed by atoms with van der Waals surface area (Å²) in [4.78, 5) is 0. The van der Waals surface area contributed by atoms with E-state index in [-0.39, 0.29) is 5.82 Å². The number of alkyl halides is 1. The first-order chi connectivity index (χ1) is 8.69. The summed E-state index contributed by atoms with van der Waals surface area (Å²) in [5.41, 5.74) is 3.15. The Hall–Kier alpha value is -1.35. The number of rotatable bonds is 4. The Labute approximate surface area is 115 Å². The van der Waals surface area contributed by atoms with Crippen LogP contribution in [0.5, 0.6) is 5.75 Å². The van der Waals surface area contributed by atoms with Gasteiger partial charge in [-0.1, -0.05) is 45.8 Å². The molecule has 0 N–H and O–H groups in total. The standard InChI is InChI=1S/C15H14BrFO/c1-11-2-4-12(5-3-11)10-18-15-7-6-14(17)8-13(15)9-16/h2-8H,9-10H2,1H3. The summed E-state index contributed by atoms with van der Waals surface area (Å²) in [7, 11) is 0. The van der Waals surface area contributed by atoms with Gasteiger partial charge in [-0.3, -0.25) is 0 Å². The Balaban J connectivity index is 2.08. The second-order valence-electron chi connectivity index (χ2n) is 4.16. The van der Waals surface area contributed by atoms with Crippen molar-refractivity contribution in [2.24, 2.45) is 0 Å². The van der Waals surface area contributed by atoms with Crippen molar-refractivity contribution < 1.29 is 9.13 Å². The maximum atomic E-state index is 13.1. The zero-order valence-corrected chi connectivity index (χ0v) is 11.7. The van der Waals surface area contributed by atoms with Crippen LogP contribution in [0, 0.1) is 12.7 Å². The summed E-state index contributed by atoms with van der Waals surface area (Å²) in [6, 6.07) is 12.7. The lowest BCUT2D eigenvalue weighted by Crippen LogP contribution is -1.98. The van der Waals surface area contributed by atoms with E-state index in [0.29, 0.717) is 17.7 Å². The van der Waals surface area contributed by atoms with Gasteiger partial charge in [0.1, 0.15) is 18.2 Å². The van der Waals surface area contributed by atoms with E-state index in [9.17, 15) is 4.39 Å². The SMILES string of the molecule is Cc1ccc(COc2ccc(F)cc2CBr)cc1. The van der Waals surface area contributed by atoms with Gasteiger partial charge >= 0.3 is 0 Å². The minimum Gasteiger partial charge on any atom is -0.489 e. The van der Waals surface area contributed by atoms with Crippen molar-refractivity contribution in [3.63, 3.8) is 0 Å². The Kier molecular flexibility index (Phi) is 4.37. The highest BCUT2D eigenvalue weighted by Crippen LogP contribution is 2.23. The highest BCUT2D eigenvalue weighted by atomic mass is 79.9. The quantitative estimate of drug-likeness (QED) is 0.750. The maximum Gasteiger partial charge on any atom is 0.124 e. The van der Waals surface area contributed by atoms with Gasteiger partial charge < -0.3 is 4.74 Å². The van der Waals surface area contributed by atoms with Crippen LogP contribution in [-0.2, 0) is 11.9 Å². The van der Waals surface area contributed by atoms with Gasteiger partial charge in [0.2, 0.25) is 0 Å². The molecule has 0 saturated carbocycles. The molecule has 0 atom stereocenters. The topological polar surface area (TPSA) is 9.23 Å². The van der Waals surface area contributed by atoms with Crippen molar-refractivity contribution >= 4 is 15.9 Å². The van der Waals surface area contributed by atoms with E-state index in [1.54, 1.807) is 6.07 Å². The Bertz CT molecular complexity index is 523. The highest BCUT2D eigenvalue weighted by molar-refractivity contribution is 9.08. The molecule has 2 rings (SSSR count). The lowest BCUT2D eigenvalue weighted by atomic mass is 10.1. The number of hydrogen-bond donors (Lipinski definition) is 0. The monoisotopic (exact) mass is 308 g/mol. The van der Waals surface area contributed by atoms with Gasteiger partial charge in [0.25, 0.3) is 0 Å².